The van der Waals surface area contributed by atoms with Crippen LogP contribution in [0.25, 0.3) is 0 Å². The molecular weight excluding hydrogens is 242 g/mol. The number of rotatable bonds is 7. The monoisotopic (exact) mass is 261 g/mol. The lowest BCUT2D eigenvalue weighted by Gasteiger charge is -2.15. The van der Waals surface area contributed by atoms with Crippen LogP contribution in [0.5, 0.6) is 0 Å². The average Bonchev–Trinajstić information content (AvgIpc) is 2.84. The molecule has 0 aliphatic heterocycles. The van der Waals surface area contributed by atoms with Crippen molar-refractivity contribution in [1.82, 2.24) is 15.5 Å². The van der Waals surface area contributed by atoms with Crippen LogP contribution in [-0.2, 0) is 17.8 Å². The highest BCUT2D eigenvalue weighted by molar-refractivity contribution is 5.15. The maximum Gasteiger partial charge on any atom is 0.252 e. The summed E-state index contributed by atoms with van der Waals surface area (Å²) < 4.78 is 10.6. The van der Waals surface area contributed by atoms with E-state index in [-0.39, 0.29) is 6.04 Å². The summed E-state index contributed by atoms with van der Waals surface area (Å²) >= 11 is 0. The quantitative estimate of drug-likeness (QED) is 0.822. The van der Waals surface area contributed by atoms with Gasteiger partial charge in [-0.1, -0.05) is 35.5 Å². The largest absolute Gasteiger partial charge is 0.370 e. The number of hydrogen-bond acceptors (Lipinski definition) is 5. The van der Waals surface area contributed by atoms with Crippen molar-refractivity contribution in [1.29, 1.82) is 0 Å². The standard InChI is InChI=1S/C14H19N3O2/c1-11-16-14(19-17-11)10-18-9-13(15-2)8-12-6-4-3-5-7-12/h3-7,13,15H,8-10H2,1-2H3/t13-/m1/s1. The second-order valence-corrected chi connectivity index (χ2v) is 4.43. The highest BCUT2D eigenvalue weighted by atomic mass is 16.5. The zero-order chi connectivity index (χ0) is 13.5. The third-order valence-corrected chi connectivity index (χ3v) is 2.85. The van der Waals surface area contributed by atoms with Gasteiger partial charge in [0.25, 0.3) is 5.89 Å². The van der Waals surface area contributed by atoms with Gasteiger partial charge in [0, 0.05) is 6.04 Å². The molecule has 0 aliphatic rings. The van der Waals surface area contributed by atoms with E-state index in [0.29, 0.717) is 24.9 Å². The van der Waals surface area contributed by atoms with Crippen LogP contribution in [0, 0.1) is 6.92 Å². The van der Waals surface area contributed by atoms with Crippen molar-refractivity contribution in [3.8, 4) is 0 Å². The topological polar surface area (TPSA) is 60.2 Å². The van der Waals surface area contributed by atoms with Gasteiger partial charge in [0.05, 0.1) is 6.61 Å². The van der Waals surface area contributed by atoms with E-state index in [2.05, 4.69) is 27.6 Å². The van der Waals surface area contributed by atoms with Crippen molar-refractivity contribution in [3.63, 3.8) is 0 Å². The first-order chi connectivity index (χ1) is 9.28. The Balaban J connectivity index is 1.76. The number of nitrogens with one attached hydrogen (secondary N) is 1. The van der Waals surface area contributed by atoms with Gasteiger partial charge in [-0.25, -0.2) is 0 Å². The summed E-state index contributed by atoms with van der Waals surface area (Å²) in [5.41, 5.74) is 1.29. The van der Waals surface area contributed by atoms with Crippen molar-refractivity contribution in [2.24, 2.45) is 0 Å². The summed E-state index contributed by atoms with van der Waals surface area (Å²) in [5, 5.41) is 6.97. The molecule has 1 heterocycles. The van der Waals surface area contributed by atoms with Crippen LogP contribution >= 0.6 is 0 Å². The predicted molar refractivity (Wildman–Crippen MR) is 71.7 cm³/mol. The number of nitrogens with zero attached hydrogens (tertiary/aromatic N) is 2. The van der Waals surface area contributed by atoms with Crippen molar-refractivity contribution < 1.29 is 9.26 Å². The van der Waals surface area contributed by atoms with Gasteiger partial charge in [0.1, 0.15) is 6.61 Å². The predicted octanol–water partition coefficient (Wildman–Crippen LogP) is 1.73. The zero-order valence-electron chi connectivity index (χ0n) is 11.3. The summed E-state index contributed by atoms with van der Waals surface area (Å²) in [6, 6.07) is 10.6. The smallest absolute Gasteiger partial charge is 0.252 e. The minimum absolute atomic E-state index is 0.270. The molecule has 0 aliphatic carbocycles. The van der Waals surface area contributed by atoms with E-state index in [0.717, 1.165) is 6.42 Å². The lowest BCUT2D eigenvalue weighted by atomic mass is 10.1. The molecule has 2 aromatic rings. The number of hydrogen-bond donors (Lipinski definition) is 1. The second-order valence-electron chi connectivity index (χ2n) is 4.43. The van der Waals surface area contributed by atoms with Gasteiger partial charge in [-0.15, -0.1) is 0 Å². The number of aromatic nitrogens is 2. The Bertz CT molecular complexity index is 484. The summed E-state index contributed by atoms with van der Waals surface area (Å²) in [7, 11) is 1.94. The molecular formula is C14H19N3O2. The summed E-state index contributed by atoms with van der Waals surface area (Å²) in [6.45, 7) is 2.75. The third kappa shape index (κ3) is 4.46. The maximum atomic E-state index is 5.60. The normalized spacial score (nSPS) is 12.5. The van der Waals surface area contributed by atoms with Crippen LogP contribution in [-0.4, -0.2) is 29.8 Å². The Kier molecular flexibility index (Phi) is 5.06. The molecule has 102 valence electrons. The van der Waals surface area contributed by atoms with Crippen LogP contribution in [0.15, 0.2) is 34.9 Å². The maximum absolute atomic E-state index is 5.60. The fourth-order valence-electron chi connectivity index (χ4n) is 1.83. The molecule has 0 amide bonds. The minimum Gasteiger partial charge on any atom is -0.370 e. The first-order valence-electron chi connectivity index (χ1n) is 6.36. The van der Waals surface area contributed by atoms with E-state index in [1.807, 2.05) is 25.2 Å². The summed E-state index contributed by atoms with van der Waals surface area (Å²) in [4.78, 5) is 4.09. The van der Waals surface area contributed by atoms with Gasteiger partial charge in [0.15, 0.2) is 5.82 Å². The van der Waals surface area contributed by atoms with Gasteiger partial charge in [-0.2, -0.15) is 4.98 Å². The van der Waals surface area contributed by atoms with Crippen LogP contribution in [0.2, 0.25) is 0 Å². The number of likely N-dealkylation sites (N-methyl/N-ethyl adjacent to an activating group) is 1. The Hall–Kier alpha value is -1.72. The van der Waals surface area contributed by atoms with Crippen molar-refractivity contribution in [3.05, 3.63) is 47.6 Å². The van der Waals surface area contributed by atoms with E-state index < -0.39 is 0 Å². The molecule has 0 bridgehead atoms. The Morgan fingerprint density at radius 3 is 2.74 bits per heavy atom. The molecule has 5 heteroatoms. The van der Waals surface area contributed by atoms with Crippen LogP contribution in [0.4, 0.5) is 0 Å². The molecule has 1 atom stereocenters. The van der Waals surface area contributed by atoms with E-state index in [1.165, 1.54) is 5.56 Å². The molecule has 1 N–H and O–H groups in total. The van der Waals surface area contributed by atoms with Gasteiger partial charge >= 0.3 is 0 Å². The Morgan fingerprint density at radius 1 is 1.32 bits per heavy atom. The molecule has 0 fully saturated rings. The highest BCUT2D eigenvalue weighted by Gasteiger charge is 2.09. The van der Waals surface area contributed by atoms with Crippen LogP contribution in [0.3, 0.4) is 0 Å². The zero-order valence-corrected chi connectivity index (χ0v) is 11.3. The SMILES string of the molecule is CN[C@@H](COCc1nc(C)no1)Cc1ccccc1. The van der Waals surface area contributed by atoms with E-state index >= 15 is 0 Å². The molecule has 0 unspecified atom stereocenters. The fourth-order valence-corrected chi connectivity index (χ4v) is 1.83. The van der Waals surface area contributed by atoms with E-state index in [1.54, 1.807) is 6.92 Å². The fraction of sp³-hybridized carbons (Fsp3) is 0.429. The second kappa shape index (κ2) is 7.01. The van der Waals surface area contributed by atoms with Gasteiger partial charge in [-0.3, -0.25) is 0 Å². The van der Waals surface area contributed by atoms with Crippen molar-refractivity contribution >= 4 is 0 Å². The van der Waals surface area contributed by atoms with Crippen molar-refractivity contribution in [2.45, 2.75) is 26.0 Å². The van der Waals surface area contributed by atoms with E-state index in [9.17, 15) is 0 Å². The number of benzene rings is 1. The first-order valence-corrected chi connectivity index (χ1v) is 6.36. The number of ether oxygens (including phenoxy) is 1. The lowest BCUT2D eigenvalue weighted by Crippen LogP contribution is -2.32. The Labute approximate surface area is 113 Å². The summed E-state index contributed by atoms with van der Waals surface area (Å²) in [6.07, 6.45) is 0.931. The van der Waals surface area contributed by atoms with Crippen LogP contribution < -0.4 is 5.32 Å². The minimum atomic E-state index is 0.270. The molecule has 0 spiro atoms. The van der Waals surface area contributed by atoms with Crippen LogP contribution in [0.1, 0.15) is 17.3 Å². The Morgan fingerprint density at radius 2 is 2.11 bits per heavy atom. The molecule has 19 heavy (non-hydrogen) atoms. The molecule has 1 aromatic heterocycles. The molecule has 1 aromatic carbocycles. The average molecular weight is 261 g/mol. The lowest BCUT2D eigenvalue weighted by molar-refractivity contribution is 0.0808. The van der Waals surface area contributed by atoms with Gasteiger partial charge < -0.3 is 14.6 Å². The first kappa shape index (κ1) is 13.7. The van der Waals surface area contributed by atoms with Gasteiger partial charge in [-0.05, 0) is 26.0 Å². The number of aryl methyl sites for hydroxylation is 1. The molecule has 2 rings (SSSR count). The molecule has 5 nitrogen and oxygen atoms in total. The summed E-state index contributed by atoms with van der Waals surface area (Å²) in [5.74, 6) is 1.15. The van der Waals surface area contributed by atoms with Gasteiger partial charge in [0.2, 0.25) is 0 Å². The molecule has 0 radical (unpaired) electrons. The third-order valence-electron chi connectivity index (χ3n) is 2.85. The molecule has 0 saturated carbocycles. The molecule has 0 saturated heterocycles. The van der Waals surface area contributed by atoms with E-state index in [4.69, 9.17) is 9.26 Å². The highest BCUT2D eigenvalue weighted by Crippen LogP contribution is 2.05. The van der Waals surface area contributed by atoms with Crippen molar-refractivity contribution in [2.75, 3.05) is 13.7 Å².